The van der Waals surface area contributed by atoms with E-state index in [1.165, 1.54) is 30.5 Å². The summed E-state index contributed by atoms with van der Waals surface area (Å²) in [5.41, 5.74) is 5.22. The summed E-state index contributed by atoms with van der Waals surface area (Å²) in [7, 11) is 0. The van der Waals surface area contributed by atoms with Crippen LogP contribution >= 0.6 is 23.2 Å². The molecule has 0 fully saturated rings. The number of hydrogen-bond donors (Lipinski definition) is 2. The van der Waals surface area contributed by atoms with Gasteiger partial charge in [-0.05, 0) is 50.2 Å². The van der Waals surface area contributed by atoms with Crippen molar-refractivity contribution in [3.63, 3.8) is 0 Å². The second-order valence-corrected chi connectivity index (χ2v) is 7.23. The molecule has 2 N–H and O–H groups in total. The monoisotopic (exact) mass is 446 g/mol. The van der Waals surface area contributed by atoms with E-state index in [4.69, 9.17) is 23.2 Å². The molecule has 0 atom stereocenters. The normalized spacial score (nSPS) is 11.0. The van der Waals surface area contributed by atoms with Crippen LogP contribution in [0, 0.1) is 19.7 Å². The summed E-state index contributed by atoms with van der Waals surface area (Å²) in [6.45, 7) is 3.77. The fourth-order valence-corrected chi connectivity index (χ4v) is 3.40. The molecule has 0 saturated heterocycles. The van der Waals surface area contributed by atoms with Gasteiger partial charge in [0, 0.05) is 22.0 Å². The minimum Gasteiger partial charge on any atom is -0.316 e. The van der Waals surface area contributed by atoms with Crippen LogP contribution in [0.15, 0.2) is 53.6 Å². The highest BCUT2D eigenvalue weighted by atomic mass is 35.5. The molecule has 0 spiro atoms. The van der Waals surface area contributed by atoms with E-state index in [1.54, 1.807) is 18.2 Å². The van der Waals surface area contributed by atoms with E-state index < -0.39 is 17.6 Å². The number of rotatable bonds is 4. The summed E-state index contributed by atoms with van der Waals surface area (Å²) in [5, 5.41) is 7.04. The predicted molar refractivity (Wildman–Crippen MR) is 116 cm³/mol. The van der Waals surface area contributed by atoms with E-state index in [1.807, 2.05) is 24.5 Å². The Kier molecular flexibility index (Phi) is 6.54. The molecule has 2 amide bonds. The van der Waals surface area contributed by atoms with E-state index in [0.717, 1.165) is 17.1 Å². The lowest BCUT2D eigenvalue weighted by Gasteiger charge is -2.11. The number of benzene rings is 2. The molecule has 30 heavy (non-hydrogen) atoms. The molecule has 6 nitrogen and oxygen atoms in total. The zero-order valence-corrected chi connectivity index (χ0v) is 17.6. The van der Waals surface area contributed by atoms with Crippen molar-refractivity contribution in [3.8, 4) is 5.69 Å². The Morgan fingerprint density at radius 3 is 2.50 bits per heavy atom. The van der Waals surface area contributed by atoms with Crippen molar-refractivity contribution in [1.82, 2.24) is 9.99 Å². The molecule has 3 aromatic rings. The topological polar surface area (TPSA) is 75.5 Å². The SMILES string of the molecule is Cc1cc(/C=N\NC(=O)C(=O)Nc2ccccc2F)c(C)n1-c1ccc(Cl)cc1Cl. The lowest BCUT2D eigenvalue weighted by atomic mass is 10.2. The van der Waals surface area contributed by atoms with Crippen molar-refractivity contribution < 1.29 is 14.0 Å². The number of carbonyl (C=O) groups excluding carboxylic acids is 2. The van der Waals surface area contributed by atoms with Gasteiger partial charge in [0.25, 0.3) is 0 Å². The quantitative estimate of drug-likeness (QED) is 0.348. The average Bonchev–Trinajstić information content (AvgIpc) is 2.97. The molecule has 0 saturated carbocycles. The van der Waals surface area contributed by atoms with Gasteiger partial charge >= 0.3 is 11.8 Å². The molecule has 9 heteroatoms. The van der Waals surface area contributed by atoms with Gasteiger partial charge in [-0.1, -0.05) is 35.3 Å². The highest BCUT2D eigenvalue weighted by Crippen LogP contribution is 2.28. The molecule has 0 aliphatic heterocycles. The van der Waals surface area contributed by atoms with Crippen LogP contribution in [0.5, 0.6) is 0 Å². The number of hydrogen-bond acceptors (Lipinski definition) is 3. The largest absolute Gasteiger partial charge is 0.329 e. The van der Waals surface area contributed by atoms with Gasteiger partial charge in [-0.3, -0.25) is 9.59 Å². The maximum absolute atomic E-state index is 13.6. The third-order valence-corrected chi connectivity index (χ3v) is 4.86. The molecular formula is C21H17Cl2FN4O2. The summed E-state index contributed by atoms with van der Waals surface area (Å²) in [6, 6.07) is 12.6. The van der Waals surface area contributed by atoms with E-state index in [0.29, 0.717) is 15.6 Å². The third-order valence-electron chi connectivity index (χ3n) is 4.32. The summed E-state index contributed by atoms with van der Waals surface area (Å²) >= 11 is 12.3. The Hall–Kier alpha value is -3.16. The number of aryl methyl sites for hydroxylation is 1. The highest BCUT2D eigenvalue weighted by molar-refractivity contribution is 6.39. The molecule has 0 unspecified atom stereocenters. The Morgan fingerprint density at radius 1 is 1.07 bits per heavy atom. The molecule has 0 aliphatic carbocycles. The second-order valence-electron chi connectivity index (χ2n) is 6.39. The maximum Gasteiger partial charge on any atom is 0.329 e. The molecule has 3 rings (SSSR count). The molecule has 154 valence electrons. The van der Waals surface area contributed by atoms with Gasteiger partial charge in [0.15, 0.2) is 0 Å². The minimum absolute atomic E-state index is 0.0926. The number of aromatic nitrogens is 1. The maximum atomic E-state index is 13.6. The van der Waals surface area contributed by atoms with Crippen LogP contribution in [0.1, 0.15) is 17.0 Å². The lowest BCUT2D eigenvalue weighted by Crippen LogP contribution is -2.32. The van der Waals surface area contributed by atoms with E-state index >= 15 is 0 Å². The number of halogens is 3. The van der Waals surface area contributed by atoms with Crippen LogP contribution in [0.3, 0.4) is 0 Å². The van der Waals surface area contributed by atoms with E-state index in [-0.39, 0.29) is 5.69 Å². The molecule has 1 heterocycles. The molecule has 0 bridgehead atoms. The van der Waals surface area contributed by atoms with E-state index in [9.17, 15) is 14.0 Å². The fourth-order valence-electron chi connectivity index (χ4n) is 2.90. The number of para-hydroxylation sites is 1. The minimum atomic E-state index is -1.03. The smallest absolute Gasteiger partial charge is 0.316 e. The first-order chi connectivity index (χ1) is 14.3. The van der Waals surface area contributed by atoms with Crippen molar-refractivity contribution in [2.45, 2.75) is 13.8 Å². The van der Waals surface area contributed by atoms with Crippen LogP contribution in [0.4, 0.5) is 10.1 Å². The molecule has 0 radical (unpaired) electrons. The molecule has 2 aromatic carbocycles. The van der Waals surface area contributed by atoms with Gasteiger partial charge in [0.1, 0.15) is 5.82 Å². The van der Waals surface area contributed by atoms with Gasteiger partial charge in [-0.25, -0.2) is 9.82 Å². The number of nitrogens with zero attached hydrogens (tertiary/aromatic N) is 2. The average molecular weight is 447 g/mol. The number of anilines is 1. The van der Waals surface area contributed by atoms with Crippen LogP contribution in [-0.2, 0) is 9.59 Å². The first-order valence-corrected chi connectivity index (χ1v) is 9.57. The van der Waals surface area contributed by atoms with Crippen LogP contribution in [0.2, 0.25) is 10.0 Å². The zero-order valence-electron chi connectivity index (χ0n) is 16.0. The first-order valence-electron chi connectivity index (χ1n) is 8.81. The van der Waals surface area contributed by atoms with Gasteiger partial charge < -0.3 is 9.88 Å². The van der Waals surface area contributed by atoms with Crippen molar-refractivity contribution in [1.29, 1.82) is 0 Å². The Labute approximate surface area is 182 Å². The number of hydrazone groups is 1. The summed E-state index contributed by atoms with van der Waals surface area (Å²) in [5.74, 6) is -2.70. The second kappa shape index (κ2) is 9.11. The van der Waals surface area contributed by atoms with Gasteiger partial charge in [-0.2, -0.15) is 5.10 Å². The van der Waals surface area contributed by atoms with Gasteiger partial charge in [0.05, 0.1) is 22.6 Å². The summed E-state index contributed by atoms with van der Waals surface area (Å²) in [6.07, 6.45) is 1.41. The Morgan fingerprint density at radius 2 is 1.80 bits per heavy atom. The summed E-state index contributed by atoms with van der Waals surface area (Å²) in [4.78, 5) is 23.8. The van der Waals surface area contributed by atoms with Gasteiger partial charge in [0.2, 0.25) is 0 Å². The van der Waals surface area contributed by atoms with Crippen molar-refractivity contribution in [2.24, 2.45) is 5.10 Å². The standard InChI is InChI=1S/C21H17Cl2FN4O2/c1-12-9-14(13(2)28(12)19-8-7-15(22)10-16(19)23)11-25-27-21(30)20(29)26-18-6-4-3-5-17(18)24/h3-11H,1-2H3,(H,26,29)(H,27,30)/b25-11-. The van der Waals surface area contributed by atoms with Crippen LogP contribution in [-0.4, -0.2) is 22.6 Å². The van der Waals surface area contributed by atoms with Crippen LogP contribution < -0.4 is 10.7 Å². The summed E-state index contributed by atoms with van der Waals surface area (Å²) < 4.78 is 15.5. The van der Waals surface area contributed by atoms with Crippen molar-refractivity contribution >= 4 is 46.9 Å². The Balaban J connectivity index is 1.71. The Bertz CT molecular complexity index is 1160. The third kappa shape index (κ3) is 4.69. The number of carbonyl (C=O) groups is 2. The molecule has 0 aliphatic rings. The van der Waals surface area contributed by atoms with Crippen LogP contribution in [0.25, 0.3) is 5.69 Å². The number of nitrogens with one attached hydrogen (secondary N) is 2. The van der Waals surface area contributed by atoms with E-state index in [2.05, 4.69) is 15.8 Å². The first kappa shape index (κ1) is 21.5. The highest BCUT2D eigenvalue weighted by Gasteiger charge is 2.15. The van der Waals surface area contributed by atoms with Crippen molar-refractivity contribution in [3.05, 3.63) is 81.3 Å². The predicted octanol–water partition coefficient (Wildman–Crippen LogP) is 4.63. The number of amides is 2. The van der Waals surface area contributed by atoms with Crippen molar-refractivity contribution in [2.75, 3.05) is 5.32 Å². The molecule has 1 aromatic heterocycles. The lowest BCUT2D eigenvalue weighted by molar-refractivity contribution is -0.136. The fraction of sp³-hybridized carbons (Fsp3) is 0.0952. The molecular weight excluding hydrogens is 430 g/mol. The van der Waals surface area contributed by atoms with Gasteiger partial charge in [-0.15, -0.1) is 0 Å². The zero-order chi connectivity index (χ0) is 21.8.